The summed E-state index contributed by atoms with van der Waals surface area (Å²) >= 11 is 0. The Labute approximate surface area is 103 Å². The van der Waals surface area contributed by atoms with Crippen LogP contribution >= 0.6 is 0 Å². The number of hydrogen-bond donors (Lipinski definition) is 1. The first-order valence-corrected chi connectivity index (χ1v) is 5.42. The average Bonchev–Trinajstić information content (AvgIpc) is 2.46. The van der Waals surface area contributed by atoms with Gasteiger partial charge in [-0.1, -0.05) is 0 Å². The Kier molecular flexibility index (Phi) is 2.65. The molecule has 0 aromatic rings. The fourth-order valence-corrected chi connectivity index (χ4v) is 1.81. The number of rotatable bonds is 2. The Morgan fingerprint density at radius 2 is 1.83 bits per heavy atom. The molecule has 1 saturated heterocycles. The number of hydrogen-bond acceptors (Lipinski definition) is 4. The highest BCUT2D eigenvalue weighted by Crippen LogP contribution is 2.19. The summed E-state index contributed by atoms with van der Waals surface area (Å²) in [5, 5.41) is 2.50. The van der Waals surface area contributed by atoms with Crippen molar-refractivity contribution >= 4 is 23.5 Å². The minimum Gasteiger partial charge on any atom is -0.324 e. The molecular weight excluding hydrogens is 236 g/mol. The second kappa shape index (κ2) is 3.90. The van der Waals surface area contributed by atoms with Crippen LogP contribution in [0.2, 0.25) is 0 Å². The van der Waals surface area contributed by atoms with Gasteiger partial charge >= 0.3 is 6.03 Å². The van der Waals surface area contributed by atoms with Gasteiger partial charge < -0.3 is 5.32 Å². The van der Waals surface area contributed by atoms with E-state index in [0.29, 0.717) is 0 Å². The molecule has 0 aromatic heterocycles. The quantitative estimate of drug-likeness (QED) is 0.548. The second-order valence-corrected chi connectivity index (χ2v) is 4.72. The summed E-state index contributed by atoms with van der Waals surface area (Å²) in [7, 11) is 0. The minimum atomic E-state index is -0.977. The molecule has 6 heteroatoms. The molecule has 0 bridgehead atoms. The number of allylic oxidation sites excluding steroid dienone is 3. The molecule has 1 aliphatic carbocycles. The number of carbonyl (C=O) groups excluding carboxylic acids is 4. The van der Waals surface area contributed by atoms with Crippen LogP contribution in [0, 0.1) is 0 Å². The lowest BCUT2D eigenvalue weighted by molar-refractivity contribution is -0.130. The molecule has 3 amide bonds. The Morgan fingerprint density at radius 3 is 2.39 bits per heavy atom. The first-order chi connectivity index (χ1) is 8.31. The van der Waals surface area contributed by atoms with Gasteiger partial charge in [-0.25, -0.2) is 4.79 Å². The molecule has 2 aliphatic rings. The highest BCUT2D eigenvalue weighted by atomic mass is 16.2. The lowest BCUT2D eigenvalue weighted by Gasteiger charge is -2.17. The van der Waals surface area contributed by atoms with Crippen molar-refractivity contribution in [3.05, 3.63) is 23.8 Å². The molecule has 0 unspecified atom stereocenters. The van der Waals surface area contributed by atoms with Crippen LogP contribution in [0.3, 0.4) is 0 Å². The van der Waals surface area contributed by atoms with Gasteiger partial charge in [-0.2, -0.15) is 0 Å². The van der Waals surface area contributed by atoms with Crippen LogP contribution < -0.4 is 5.32 Å². The van der Waals surface area contributed by atoms with Crippen LogP contribution in [0.15, 0.2) is 23.8 Å². The normalized spacial score (nSPS) is 22.3. The molecule has 0 saturated carbocycles. The molecule has 94 valence electrons. The SMILES string of the molecule is CC1(C)NC(=O)N(CC2=CC(=O)C=CC2=O)C1=O. The van der Waals surface area contributed by atoms with Gasteiger partial charge in [-0.15, -0.1) is 0 Å². The van der Waals surface area contributed by atoms with E-state index in [-0.39, 0.29) is 23.7 Å². The number of imide groups is 1. The van der Waals surface area contributed by atoms with E-state index in [1.54, 1.807) is 13.8 Å². The number of carbonyl (C=O) groups is 4. The maximum atomic E-state index is 11.9. The van der Waals surface area contributed by atoms with Crippen molar-refractivity contribution in [3.63, 3.8) is 0 Å². The summed E-state index contributed by atoms with van der Waals surface area (Å²) in [5.41, 5.74) is -0.835. The monoisotopic (exact) mass is 248 g/mol. The van der Waals surface area contributed by atoms with Gasteiger partial charge in [-0.05, 0) is 32.1 Å². The number of nitrogens with zero attached hydrogens (tertiary/aromatic N) is 1. The topological polar surface area (TPSA) is 83.6 Å². The zero-order chi connectivity index (χ0) is 13.5. The van der Waals surface area contributed by atoms with Crippen molar-refractivity contribution in [3.8, 4) is 0 Å². The molecule has 1 N–H and O–H groups in total. The van der Waals surface area contributed by atoms with E-state index in [9.17, 15) is 19.2 Å². The van der Waals surface area contributed by atoms with E-state index in [4.69, 9.17) is 0 Å². The Bertz CT molecular complexity index is 528. The summed E-state index contributed by atoms with van der Waals surface area (Å²) in [4.78, 5) is 47.1. The van der Waals surface area contributed by atoms with Gasteiger partial charge in [0.15, 0.2) is 11.6 Å². The van der Waals surface area contributed by atoms with Crippen molar-refractivity contribution in [2.75, 3.05) is 6.54 Å². The molecule has 1 fully saturated rings. The van der Waals surface area contributed by atoms with Gasteiger partial charge in [0.2, 0.25) is 0 Å². The maximum Gasteiger partial charge on any atom is 0.325 e. The average molecular weight is 248 g/mol. The summed E-state index contributed by atoms with van der Waals surface area (Å²) in [6.45, 7) is 2.98. The molecule has 0 aromatic carbocycles. The predicted molar refractivity (Wildman–Crippen MR) is 61.6 cm³/mol. The van der Waals surface area contributed by atoms with Crippen LogP contribution in [0.4, 0.5) is 4.79 Å². The van der Waals surface area contributed by atoms with Crippen molar-refractivity contribution in [1.29, 1.82) is 0 Å². The fourth-order valence-electron chi connectivity index (χ4n) is 1.81. The number of amides is 3. The van der Waals surface area contributed by atoms with Crippen molar-refractivity contribution in [2.24, 2.45) is 0 Å². The Hall–Kier alpha value is -2.24. The molecule has 0 radical (unpaired) electrons. The van der Waals surface area contributed by atoms with Crippen molar-refractivity contribution < 1.29 is 19.2 Å². The largest absolute Gasteiger partial charge is 0.325 e. The van der Waals surface area contributed by atoms with E-state index < -0.39 is 17.5 Å². The maximum absolute atomic E-state index is 11.9. The third-order valence-electron chi connectivity index (χ3n) is 2.80. The zero-order valence-corrected chi connectivity index (χ0v) is 10.0. The lowest BCUT2D eigenvalue weighted by atomic mass is 10.0. The van der Waals surface area contributed by atoms with Gasteiger partial charge in [-0.3, -0.25) is 19.3 Å². The number of nitrogens with one attached hydrogen (secondary N) is 1. The predicted octanol–water partition coefficient (Wildman–Crippen LogP) is -0.0488. The van der Waals surface area contributed by atoms with Crippen LogP contribution in [0.5, 0.6) is 0 Å². The standard InChI is InChI=1S/C12H12N2O4/c1-12(2)10(17)14(11(18)13-12)6-7-5-8(15)3-4-9(7)16/h3-5H,6H2,1-2H3,(H,13,18). The fraction of sp³-hybridized carbons (Fsp3) is 0.333. The van der Waals surface area contributed by atoms with Crippen LogP contribution in [-0.4, -0.2) is 40.5 Å². The summed E-state index contributed by atoms with van der Waals surface area (Å²) in [6, 6.07) is -0.555. The van der Waals surface area contributed by atoms with Gasteiger partial charge in [0.1, 0.15) is 5.54 Å². The third-order valence-corrected chi connectivity index (χ3v) is 2.80. The zero-order valence-electron chi connectivity index (χ0n) is 10.0. The van der Waals surface area contributed by atoms with Crippen LogP contribution in [-0.2, 0) is 14.4 Å². The Balaban J connectivity index is 2.21. The number of ketones is 2. The van der Waals surface area contributed by atoms with E-state index in [2.05, 4.69) is 5.32 Å². The van der Waals surface area contributed by atoms with Crippen molar-refractivity contribution in [2.45, 2.75) is 19.4 Å². The Morgan fingerprint density at radius 1 is 1.17 bits per heavy atom. The molecule has 2 rings (SSSR count). The highest BCUT2D eigenvalue weighted by molar-refractivity contribution is 6.18. The summed E-state index contributed by atoms with van der Waals surface area (Å²) < 4.78 is 0. The molecule has 0 atom stereocenters. The molecule has 1 heterocycles. The van der Waals surface area contributed by atoms with E-state index in [1.807, 2.05) is 0 Å². The molecule has 18 heavy (non-hydrogen) atoms. The van der Waals surface area contributed by atoms with Crippen LogP contribution in [0.1, 0.15) is 13.8 Å². The molecule has 6 nitrogen and oxygen atoms in total. The van der Waals surface area contributed by atoms with Gasteiger partial charge in [0, 0.05) is 5.57 Å². The smallest absolute Gasteiger partial charge is 0.324 e. The van der Waals surface area contributed by atoms with Gasteiger partial charge in [0.25, 0.3) is 5.91 Å². The van der Waals surface area contributed by atoms with E-state index in [1.165, 1.54) is 0 Å². The molecule has 1 aliphatic heterocycles. The van der Waals surface area contributed by atoms with E-state index >= 15 is 0 Å². The summed E-state index contributed by atoms with van der Waals surface area (Å²) in [6.07, 6.45) is 3.44. The third kappa shape index (κ3) is 1.97. The second-order valence-electron chi connectivity index (χ2n) is 4.72. The summed E-state index contributed by atoms with van der Waals surface area (Å²) in [5.74, 6) is -1.10. The first-order valence-electron chi connectivity index (χ1n) is 5.42. The van der Waals surface area contributed by atoms with Crippen LogP contribution in [0.25, 0.3) is 0 Å². The van der Waals surface area contributed by atoms with Gasteiger partial charge in [0.05, 0.1) is 6.54 Å². The van der Waals surface area contributed by atoms with E-state index in [0.717, 1.165) is 23.1 Å². The molecule has 0 spiro atoms. The highest BCUT2D eigenvalue weighted by Gasteiger charge is 2.44. The first kappa shape index (κ1) is 12.2. The minimum absolute atomic E-state index is 0.142. The lowest BCUT2D eigenvalue weighted by Crippen LogP contribution is -2.40. The molecular formula is C12H12N2O4. The van der Waals surface area contributed by atoms with Crippen molar-refractivity contribution in [1.82, 2.24) is 10.2 Å². The number of urea groups is 1.